The highest BCUT2D eigenvalue weighted by atomic mass is 79.9. The van der Waals surface area contributed by atoms with E-state index in [0.717, 1.165) is 10.0 Å². The summed E-state index contributed by atoms with van der Waals surface area (Å²) in [4.78, 5) is 15.2. The molecule has 1 unspecified atom stereocenters. The van der Waals surface area contributed by atoms with Crippen LogP contribution in [-0.4, -0.2) is 16.9 Å². The number of carbonyl (C=O) groups is 1. The monoisotopic (exact) mass is 285 g/mol. The lowest BCUT2D eigenvalue weighted by atomic mass is 10.0. The zero-order valence-corrected chi connectivity index (χ0v) is 11.0. The van der Waals surface area contributed by atoms with E-state index in [1.807, 2.05) is 19.9 Å². The van der Waals surface area contributed by atoms with E-state index in [4.69, 9.17) is 5.73 Å². The van der Waals surface area contributed by atoms with Crippen LogP contribution in [0.3, 0.4) is 0 Å². The first-order valence-electron chi connectivity index (χ1n) is 5.13. The predicted octanol–water partition coefficient (Wildman–Crippen LogP) is 1.44. The zero-order chi connectivity index (χ0) is 12.1. The molecule has 0 radical (unpaired) electrons. The van der Waals surface area contributed by atoms with Gasteiger partial charge in [-0.1, -0.05) is 13.8 Å². The molecule has 0 saturated heterocycles. The molecule has 5 heteroatoms. The van der Waals surface area contributed by atoms with Crippen molar-refractivity contribution in [1.82, 2.24) is 10.3 Å². The van der Waals surface area contributed by atoms with Gasteiger partial charge in [0.2, 0.25) is 5.91 Å². The molecule has 1 atom stereocenters. The molecule has 0 bridgehead atoms. The van der Waals surface area contributed by atoms with Gasteiger partial charge in [-0.15, -0.1) is 0 Å². The molecule has 0 aliphatic heterocycles. The second kappa shape index (κ2) is 5.96. The van der Waals surface area contributed by atoms with Crippen molar-refractivity contribution in [2.75, 3.05) is 0 Å². The highest BCUT2D eigenvalue weighted by molar-refractivity contribution is 9.10. The van der Waals surface area contributed by atoms with Gasteiger partial charge in [-0.2, -0.15) is 0 Å². The van der Waals surface area contributed by atoms with Gasteiger partial charge < -0.3 is 11.1 Å². The van der Waals surface area contributed by atoms with Crippen LogP contribution in [0.1, 0.15) is 19.4 Å². The van der Waals surface area contributed by atoms with Gasteiger partial charge in [0.15, 0.2) is 0 Å². The molecule has 1 amide bonds. The summed E-state index contributed by atoms with van der Waals surface area (Å²) in [6, 6.07) is 1.65. The molecule has 1 heterocycles. The number of carbonyl (C=O) groups excluding carboxylic acids is 1. The number of hydrogen-bond acceptors (Lipinski definition) is 3. The van der Waals surface area contributed by atoms with Crippen LogP contribution in [0.4, 0.5) is 0 Å². The average Bonchev–Trinajstić information content (AvgIpc) is 2.16. The predicted molar refractivity (Wildman–Crippen MR) is 66.6 cm³/mol. The fraction of sp³-hybridized carbons (Fsp3) is 0.455. The molecule has 1 aromatic rings. The van der Waals surface area contributed by atoms with Gasteiger partial charge in [-0.05, 0) is 33.5 Å². The lowest BCUT2D eigenvalue weighted by Crippen LogP contribution is -2.44. The molecule has 0 aliphatic carbocycles. The summed E-state index contributed by atoms with van der Waals surface area (Å²) in [7, 11) is 0. The standard InChI is InChI=1S/C11H16BrN3O/c1-7(2)10(11(13)16)15-5-8-3-9(12)6-14-4-8/h3-4,6-7,10,15H,5H2,1-2H3,(H2,13,16). The number of hydrogen-bond donors (Lipinski definition) is 2. The second-order valence-corrected chi connectivity index (χ2v) is 4.93. The average molecular weight is 286 g/mol. The Labute approximate surface area is 104 Å². The van der Waals surface area contributed by atoms with Crippen molar-refractivity contribution >= 4 is 21.8 Å². The molecule has 0 saturated carbocycles. The first kappa shape index (κ1) is 13.1. The van der Waals surface area contributed by atoms with E-state index in [9.17, 15) is 4.79 Å². The number of primary amides is 1. The van der Waals surface area contributed by atoms with Gasteiger partial charge in [0.05, 0.1) is 6.04 Å². The van der Waals surface area contributed by atoms with Gasteiger partial charge in [0.25, 0.3) is 0 Å². The van der Waals surface area contributed by atoms with Gasteiger partial charge in [-0.3, -0.25) is 9.78 Å². The Morgan fingerprint density at radius 1 is 1.56 bits per heavy atom. The number of halogens is 1. The third-order valence-corrected chi connectivity index (χ3v) is 2.69. The third-order valence-electron chi connectivity index (χ3n) is 2.26. The van der Waals surface area contributed by atoms with Crippen LogP contribution in [0.15, 0.2) is 22.9 Å². The lowest BCUT2D eigenvalue weighted by Gasteiger charge is -2.18. The van der Waals surface area contributed by atoms with E-state index < -0.39 is 0 Å². The van der Waals surface area contributed by atoms with Crippen molar-refractivity contribution in [3.8, 4) is 0 Å². The molecule has 16 heavy (non-hydrogen) atoms. The lowest BCUT2D eigenvalue weighted by molar-refractivity contribution is -0.121. The molecule has 0 spiro atoms. The molecular formula is C11H16BrN3O. The molecule has 1 aromatic heterocycles. The summed E-state index contributed by atoms with van der Waals surface area (Å²) < 4.78 is 0.923. The van der Waals surface area contributed by atoms with Crippen LogP contribution in [0.25, 0.3) is 0 Å². The van der Waals surface area contributed by atoms with Crippen LogP contribution in [-0.2, 0) is 11.3 Å². The quantitative estimate of drug-likeness (QED) is 0.860. The fourth-order valence-electron chi connectivity index (χ4n) is 1.45. The van der Waals surface area contributed by atoms with E-state index in [-0.39, 0.29) is 17.9 Å². The maximum absolute atomic E-state index is 11.2. The Hall–Kier alpha value is -0.940. The normalized spacial score (nSPS) is 12.8. The van der Waals surface area contributed by atoms with Gasteiger partial charge in [0, 0.05) is 23.4 Å². The van der Waals surface area contributed by atoms with Crippen molar-refractivity contribution in [3.05, 3.63) is 28.5 Å². The Balaban J connectivity index is 2.59. The first-order valence-corrected chi connectivity index (χ1v) is 5.92. The van der Waals surface area contributed by atoms with E-state index >= 15 is 0 Å². The maximum atomic E-state index is 11.2. The molecule has 0 fully saturated rings. The zero-order valence-electron chi connectivity index (χ0n) is 9.40. The van der Waals surface area contributed by atoms with Crippen molar-refractivity contribution in [2.24, 2.45) is 11.7 Å². The van der Waals surface area contributed by atoms with Gasteiger partial charge in [0.1, 0.15) is 0 Å². The number of aromatic nitrogens is 1. The molecule has 88 valence electrons. The second-order valence-electron chi connectivity index (χ2n) is 4.02. The number of rotatable bonds is 5. The van der Waals surface area contributed by atoms with Gasteiger partial charge >= 0.3 is 0 Å². The summed E-state index contributed by atoms with van der Waals surface area (Å²) >= 11 is 3.35. The molecule has 0 aliphatic rings. The molecule has 3 N–H and O–H groups in total. The largest absolute Gasteiger partial charge is 0.368 e. The van der Waals surface area contributed by atoms with Crippen molar-refractivity contribution in [1.29, 1.82) is 0 Å². The molecule has 4 nitrogen and oxygen atoms in total. The van der Waals surface area contributed by atoms with Crippen LogP contribution in [0.2, 0.25) is 0 Å². The summed E-state index contributed by atoms with van der Waals surface area (Å²) in [5.74, 6) is -0.143. The van der Waals surface area contributed by atoms with Crippen LogP contribution < -0.4 is 11.1 Å². The van der Waals surface area contributed by atoms with Crippen molar-refractivity contribution < 1.29 is 4.79 Å². The summed E-state index contributed by atoms with van der Waals surface area (Å²) in [5, 5.41) is 3.13. The minimum Gasteiger partial charge on any atom is -0.368 e. The Kier molecular flexibility index (Phi) is 4.89. The van der Waals surface area contributed by atoms with E-state index in [0.29, 0.717) is 6.54 Å². The first-order chi connectivity index (χ1) is 7.50. The molecule has 1 rings (SSSR count). The number of nitrogens with zero attached hydrogens (tertiary/aromatic N) is 1. The maximum Gasteiger partial charge on any atom is 0.234 e. The minimum atomic E-state index is -0.321. The SMILES string of the molecule is CC(C)C(NCc1cncc(Br)c1)C(N)=O. The topological polar surface area (TPSA) is 68.0 Å². The summed E-state index contributed by atoms with van der Waals surface area (Å²) in [5.41, 5.74) is 6.32. The highest BCUT2D eigenvalue weighted by Crippen LogP contribution is 2.10. The third kappa shape index (κ3) is 3.90. The number of pyridine rings is 1. The Bertz CT molecular complexity index is 368. The van der Waals surface area contributed by atoms with E-state index in [1.165, 1.54) is 0 Å². The number of nitrogens with one attached hydrogen (secondary N) is 1. The Morgan fingerprint density at radius 3 is 2.75 bits per heavy atom. The van der Waals surface area contributed by atoms with E-state index in [1.54, 1.807) is 12.4 Å². The van der Waals surface area contributed by atoms with Crippen LogP contribution in [0.5, 0.6) is 0 Å². The van der Waals surface area contributed by atoms with Crippen LogP contribution in [0, 0.1) is 5.92 Å². The van der Waals surface area contributed by atoms with Crippen molar-refractivity contribution in [2.45, 2.75) is 26.4 Å². The summed E-state index contributed by atoms with van der Waals surface area (Å²) in [6.45, 7) is 4.50. The van der Waals surface area contributed by atoms with E-state index in [2.05, 4.69) is 26.2 Å². The number of amides is 1. The smallest absolute Gasteiger partial charge is 0.234 e. The molecule has 0 aromatic carbocycles. The highest BCUT2D eigenvalue weighted by Gasteiger charge is 2.18. The minimum absolute atomic E-state index is 0.178. The number of nitrogens with two attached hydrogens (primary N) is 1. The fourth-order valence-corrected chi connectivity index (χ4v) is 1.86. The summed E-state index contributed by atoms with van der Waals surface area (Å²) in [6.07, 6.45) is 3.48. The van der Waals surface area contributed by atoms with Crippen LogP contribution >= 0.6 is 15.9 Å². The van der Waals surface area contributed by atoms with Gasteiger partial charge in [-0.25, -0.2) is 0 Å². The van der Waals surface area contributed by atoms with Crippen molar-refractivity contribution in [3.63, 3.8) is 0 Å². The molecular weight excluding hydrogens is 270 g/mol. The Morgan fingerprint density at radius 2 is 2.25 bits per heavy atom.